The average molecular weight is 184 g/mol. The molecule has 0 aromatic rings. The second kappa shape index (κ2) is 8.31. The number of aliphatic hydroxyl groups excluding tert-OH is 1. The molecule has 0 saturated heterocycles. The molecule has 0 spiro atoms. The molecule has 0 aliphatic carbocycles. The lowest BCUT2D eigenvalue weighted by Gasteiger charge is -2.09. The third-order valence-corrected chi connectivity index (χ3v) is 2.50. The number of aliphatic hydroxyl groups is 1. The summed E-state index contributed by atoms with van der Waals surface area (Å²) < 4.78 is 0. The van der Waals surface area contributed by atoms with E-state index < -0.39 is 0 Å². The van der Waals surface area contributed by atoms with Gasteiger partial charge in [-0.2, -0.15) is 0 Å². The number of hydrogen-bond acceptors (Lipinski definition) is 1. The Morgan fingerprint density at radius 1 is 1.00 bits per heavy atom. The fraction of sp³-hybridized carbons (Fsp3) is 0.833. The van der Waals surface area contributed by atoms with Crippen molar-refractivity contribution in [1.29, 1.82) is 0 Å². The molecule has 1 N–H and O–H groups in total. The molecule has 0 saturated carbocycles. The van der Waals surface area contributed by atoms with Gasteiger partial charge in [0, 0.05) is 0 Å². The molecule has 0 aromatic heterocycles. The standard InChI is InChI=1S/C12H24O/c1-4-6-8-12(9-7-5-2)11(3)10-13/h13H,4-10H2,1-3H3. The zero-order valence-electron chi connectivity index (χ0n) is 9.40. The predicted molar refractivity (Wildman–Crippen MR) is 58.8 cm³/mol. The Bertz CT molecular complexity index is 137. The first-order valence-corrected chi connectivity index (χ1v) is 5.54. The van der Waals surface area contributed by atoms with Crippen LogP contribution in [0.1, 0.15) is 59.3 Å². The highest BCUT2D eigenvalue weighted by Gasteiger charge is 2.01. The van der Waals surface area contributed by atoms with Gasteiger partial charge in [0.15, 0.2) is 0 Å². The van der Waals surface area contributed by atoms with Crippen molar-refractivity contribution in [1.82, 2.24) is 0 Å². The normalized spacial score (nSPS) is 10.2. The van der Waals surface area contributed by atoms with Crippen molar-refractivity contribution in [2.45, 2.75) is 59.3 Å². The van der Waals surface area contributed by atoms with Gasteiger partial charge in [0.2, 0.25) is 0 Å². The molecule has 0 rings (SSSR count). The minimum absolute atomic E-state index is 0.239. The minimum atomic E-state index is 0.239. The quantitative estimate of drug-likeness (QED) is 0.598. The zero-order valence-corrected chi connectivity index (χ0v) is 9.40. The van der Waals surface area contributed by atoms with Gasteiger partial charge in [0.25, 0.3) is 0 Å². The molecule has 78 valence electrons. The maximum Gasteiger partial charge on any atom is 0.0641 e. The summed E-state index contributed by atoms with van der Waals surface area (Å²) in [6, 6.07) is 0. The molecule has 0 heterocycles. The molecule has 0 aromatic carbocycles. The van der Waals surface area contributed by atoms with Crippen molar-refractivity contribution in [2.75, 3.05) is 6.61 Å². The van der Waals surface area contributed by atoms with E-state index in [-0.39, 0.29) is 6.61 Å². The first-order valence-electron chi connectivity index (χ1n) is 5.54. The van der Waals surface area contributed by atoms with Crippen molar-refractivity contribution in [3.63, 3.8) is 0 Å². The second-order valence-electron chi connectivity index (χ2n) is 3.75. The van der Waals surface area contributed by atoms with Crippen molar-refractivity contribution in [2.24, 2.45) is 0 Å². The van der Waals surface area contributed by atoms with Gasteiger partial charge in [0.05, 0.1) is 6.61 Å². The molecule has 0 fully saturated rings. The molecular weight excluding hydrogens is 160 g/mol. The summed E-state index contributed by atoms with van der Waals surface area (Å²) in [5.74, 6) is 0. The Morgan fingerprint density at radius 2 is 1.46 bits per heavy atom. The van der Waals surface area contributed by atoms with Crippen LogP contribution < -0.4 is 0 Å². The highest BCUT2D eigenvalue weighted by atomic mass is 16.3. The van der Waals surface area contributed by atoms with E-state index in [1.54, 1.807) is 0 Å². The predicted octanol–water partition coefficient (Wildman–Crippen LogP) is 3.68. The van der Waals surface area contributed by atoms with Crippen LogP contribution in [0, 0.1) is 0 Å². The van der Waals surface area contributed by atoms with Gasteiger partial charge in [-0.1, -0.05) is 32.3 Å². The molecule has 0 aliphatic rings. The van der Waals surface area contributed by atoms with E-state index in [4.69, 9.17) is 5.11 Å². The average Bonchev–Trinajstić information content (AvgIpc) is 2.17. The van der Waals surface area contributed by atoms with E-state index in [1.165, 1.54) is 49.7 Å². The monoisotopic (exact) mass is 184 g/mol. The first-order chi connectivity index (χ1) is 6.26. The lowest BCUT2D eigenvalue weighted by atomic mass is 9.98. The summed E-state index contributed by atoms with van der Waals surface area (Å²) in [5, 5.41) is 9.05. The number of unbranched alkanes of at least 4 members (excludes halogenated alkanes) is 2. The molecule has 0 bridgehead atoms. The van der Waals surface area contributed by atoms with Crippen LogP contribution in [-0.2, 0) is 0 Å². The topological polar surface area (TPSA) is 20.2 Å². The summed E-state index contributed by atoms with van der Waals surface area (Å²) in [6.45, 7) is 6.72. The fourth-order valence-electron chi connectivity index (χ4n) is 1.44. The summed E-state index contributed by atoms with van der Waals surface area (Å²) in [6.07, 6.45) is 7.38. The Hall–Kier alpha value is -0.300. The maximum absolute atomic E-state index is 9.05. The van der Waals surface area contributed by atoms with Crippen LogP contribution in [-0.4, -0.2) is 11.7 Å². The molecule has 0 amide bonds. The van der Waals surface area contributed by atoms with E-state index in [0.717, 1.165) is 0 Å². The largest absolute Gasteiger partial charge is 0.392 e. The molecule has 13 heavy (non-hydrogen) atoms. The molecule has 0 aliphatic heterocycles. The maximum atomic E-state index is 9.05. The van der Waals surface area contributed by atoms with Gasteiger partial charge in [0.1, 0.15) is 0 Å². The first kappa shape index (κ1) is 12.7. The molecule has 0 radical (unpaired) electrons. The van der Waals surface area contributed by atoms with Gasteiger partial charge in [-0.05, 0) is 38.2 Å². The van der Waals surface area contributed by atoms with Crippen molar-refractivity contribution in [3.05, 3.63) is 11.1 Å². The van der Waals surface area contributed by atoms with E-state index >= 15 is 0 Å². The van der Waals surface area contributed by atoms with Gasteiger partial charge < -0.3 is 5.11 Å². The van der Waals surface area contributed by atoms with Gasteiger partial charge in [-0.15, -0.1) is 0 Å². The number of hydrogen-bond donors (Lipinski definition) is 1. The van der Waals surface area contributed by atoms with Crippen LogP contribution in [0.15, 0.2) is 11.1 Å². The van der Waals surface area contributed by atoms with E-state index in [2.05, 4.69) is 20.8 Å². The fourth-order valence-corrected chi connectivity index (χ4v) is 1.44. The van der Waals surface area contributed by atoms with E-state index in [1.807, 2.05) is 0 Å². The van der Waals surface area contributed by atoms with Crippen LogP contribution in [0.3, 0.4) is 0 Å². The van der Waals surface area contributed by atoms with E-state index in [0.29, 0.717) is 0 Å². The lowest BCUT2D eigenvalue weighted by molar-refractivity contribution is 0.329. The molecule has 1 nitrogen and oxygen atoms in total. The highest BCUT2D eigenvalue weighted by Crippen LogP contribution is 2.18. The second-order valence-corrected chi connectivity index (χ2v) is 3.75. The third kappa shape index (κ3) is 5.87. The highest BCUT2D eigenvalue weighted by molar-refractivity contribution is 5.12. The molecular formula is C12H24O. The van der Waals surface area contributed by atoms with Crippen LogP contribution in [0.5, 0.6) is 0 Å². The zero-order chi connectivity index (χ0) is 10.1. The van der Waals surface area contributed by atoms with Crippen LogP contribution in [0.4, 0.5) is 0 Å². The van der Waals surface area contributed by atoms with Gasteiger partial charge in [-0.25, -0.2) is 0 Å². The Morgan fingerprint density at radius 3 is 1.77 bits per heavy atom. The Kier molecular flexibility index (Phi) is 8.11. The van der Waals surface area contributed by atoms with Crippen LogP contribution in [0.25, 0.3) is 0 Å². The smallest absolute Gasteiger partial charge is 0.0641 e. The number of rotatable bonds is 7. The summed E-state index contributed by atoms with van der Waals surface area (Å²) in [7, 11) is 0. The van der Waals surface area contributed by atoms with Gasteiger partial charge in [-0.3, -0.25) is 0 Å². The Labute approximate surface area is 82.9 Å². The molecule has 1 heteroatoms. The molecule has 0 atom stereocenters. The van der Waals surface area contributed by atoms with E-state index in [9.17, 15) is 0 Å². The Balaban J connectivity index is 4.02. The summed E-state index contributed by atoms with van der Waals surface area (Å²) in [5.41, 5.74) is 2.69. The van der Waals surface area contributed by atoms with Crippen LogP contribution >= 0.6 is 0 Å². The van der Waals surface area contributed by atoms with Crippen molar-refractivity contribution in [3.8, 4) is 0 Å². The van der Waals surface area contributed by atoms with Gasteiger partial charge >= 0.3 is 0 Å². The summed E-state index contributed by atoms with van der Waals surface area (Å²) in [4.78, 5) is 0. The summed E-state index contributed by atoms with van der Waals surface area (Å²) >= 11 is 0. The van der Waals surface area contributed by atoms with Crippen molar-refractivity contribution >= 4 is 0 Å². The SMILES string of the molecule is CCCCC(CCCC)=C(C)CO. The minimum Gasteiger partial charge on any atom is -0.392 e. The molecule has 0 unspecified atom stereocenters. The van der Waals surface area contributed by atoms with Crippen molar-refractivity contribution < 1.29 is 5.11 Å². The number of allylic oxidation sites excluding steroid dienone is 1. The lowest BCUT2D eigenvalue weighted by Crippen LogP contribution is -1.94. The third-order valence-electron chi connectivity index (χ3n) is 2.50. The van der Waals surface area contributed by atoms with Crippen LogP contribution in [0.2, 0.25) is 0 Å².